The van der Waals surface area contributed by atoms with Gasteiger partial charge in [-0.15, -0.1) is 0 Å². The zero-order chi connectivity index (χ0) is 15.0. The van der Waals surface area contributed by atoms with Crippen LogP contribution in [0, 0.1) is 0 Å². The van der Waals surface area contributed by atoms with Crippen molar-refractivity contribution in [1.29, 1.82) is 0 Å². The molecular weight excluding hydrogens is 280 g/mol. The van der Waals surface area contributed by atoms with Crippen LogP contribution in [0.5, 0.6) is 0 Å². The number of nitrogens with zero attached hydrogens (tertiary/aromatic N) is 1. The number of carbonyl (C=O) groups excluding carboxylic acids is 2. The molecule has 0 aliphatic carbocycles. The Kier molecular flexibility index (Phi) is 7.04. The predicted octanol–water partition coefficient (Wildman–Crippen LogP) is 1.30. The Morgan fingerprint density at radius 1 is 1.30 bits per heavy atom. The van der Waals surface area contributed by atoms with Crippen molar-refractivity contribution in [2.24, 2.45) is 0 Å². The number of carbonyl (C=O) groups is 2. The molecule has 0 bridgehead atoms. The number of hydrogen-bond acceptors (Lipinski definition) is 3. The summed E-state index contributed by atoms with van der Waals surface area (Å²) < 4.78 is 0. The highest BCUT2D eigenvalue weighted by molar-refractivity contribution is 6.30. The molecule has 0 saturated carbocycles. The third-order valence-electron chi connectivity index (χ3n) is 2.83. The van der Waals surface area contributed by atoms with Crippen molar-refractivity contribution in [2.75, 3.05) is 26.2 Å². The molecule has 5 nitrogen and oxygen atoms in total. The summed E-state index contributed by atoms with van der Waals surface area (Å²) in [4.78, 5) is 25.3. The number of likely N-dealkylation sites (N-methyl/N-ethyl adjacent to an activating group) is 1. The minimum absolute atomic E-state index is 0.0426. The Morgan fingerprint density at radius 3 is 2.50 bits per heavy atom. The highest BCUT2D eigenvalue weighted by Crippen LogP contribution is 2.09. The summed E-state index contributed by atoms with van der Waals surface area (Å²) in [5.41, 5.74) is 0.459. The standard InChI is InChI=1S/C14H19ClN2O3/c1-2-17(8-3-9-18)13(19)10-16-14(20)11-4-6-12(15)7-5-11/h4-7,18H,2-3,8-10H2,1H3,(H,16,20). The number of aliphatic hydroxyl groups excluding tert-OH is 1. The molecular formula is C14H19ClN2O3. The van der Waals surface area contributed by atoms with Crippen LogP contribution in [0.3, 0.4) is 0 Å². The summed E-state index contributed by atoms with van der Waals surface area (Å²) in [7, 11) is 0. The van der Waals surface area contributed by atoms with Crippen molar-refractivity contribution in [3.63, 3.8) is 0 Å². The third kappa shape index (κ3) is 5.19. The molecule has 2 N–H and O–H groups in total. The van der Waals surface area contributed by atoms with Gasteiger partial charge in [0.05, 0.1) is 6.54 Å². The molecule has 2 amide bonds. The fourth-order valence-electron chi connectivity index (χ4n) is 1.69. The molecule has 0 unspecified atom stereocenters. The lowest BCUT2D eigenvalue weighted by molar-refractivity contribution is -0.130. The molecule has 0 atom stereocenters. The fraction of sp³-hybridized carbons (Fsp3) is 0.429. The van der Waals surface area contributed by atoms with Crippen molar-refractivity contribution in [1.82, 2.24) is 10.2 Å². The molecule has 110 valence electrons. The van der Waals surface area contributed by atoms with Crippen LogP contribution in [0.2, 0.25) is 5.02 Å². The second-order valence-electron chi connectivity index (χ2n) is 4.24. The minimum atomic E-state index is -0.312. The smallest absolute Gasteiger partial charge is 0.251 e. The zero-order valence-electron chi connectivity index (χ0n) is 11.4. The molecule has 0 aliphatic rings. The van der Waals surface area contributed by atoms with Gasteiger partial charge in [-0.3, -0.25) is 9.59 Å². The fourth-order valence-corrected chi connectivity index (χ4v) is 1.82. The van der Waals surface area contributed by atoms with Crippen molar-refractivity contribution >= 4 is 23.4 Å². The van der Waals surface area contributed by atoms with Crippen LogP contribution < -0.4 is 5.32 Å². The molecule has 20 heavy (non-hydrogen) atoms. The van der Waals surface area contributed by atoms with Gasteiger partial charge >= 0.3 is 0 Å². The molecule has 0 fully saturated rings. The number of rotatable bonds is 7. The van der Waals surface area contributed by atoms with E-state index in [4.69, 9.17) is 16.7 Å². The first kappa shape index (κ1) is 16.5. The number of nitrogens with one attached hydrogen (secondary N) is 1. The monoisotopic (exact) mass is 298 g/mol. The second kappa shape index (κ2) is 8.55. The van der Waals surface area contributed by atoms with E-state index in [0.717, 1.165) is 0 Å². The van der Waals surface area contributed by atoms with E-state index in [9.17, 15) is 9.59 Å². The molecule has 0 saturated heterocycles. The largest absolute Gasteiger partial charge is 0.396 e. The van der Waals surface area contributed by atoms with E-state index < -0.39 is 0 Å². The maximum absolute atomic E-state index is 11.9. The van der Waals surface area contributed by atoms with Gasteiger partial charge in [-0.1, -0.05) is 11.6 Å². The van der Waals surface area contributed by atoms with Crippen LogP contribution in [-0.2, 0) is 4.79 Å². The van der Waals surface area contributed by atoms with Gasteiger partial charge in [0, 0.05) is 30.3 Å². The van der Waals surface area contributed by atoms with Crippen LogP contribution in [0.1, 0.15) is 23.7 Å². The molecule has 0 aromatic heterocycles. The van der Waals surface area contributed by atoms with Gasteiger partial charge in [0.15, 0.2) is 0 Å². The average Bonchev–Trinajstić information content (AvgIpc) is 2.46. The number of halogens is 1. The number of amides is 2. The highest BCUT2D eigenvalue weighted by atomic mass is 35.5. The van der Waals surface area contributed by atoms with Crippen LogP contribution >= 0.6 is 11.6 Å². The molecule has 6 heteroatoms. The first-order chi connectivity index (χ1) is 9.58. The molecule has 1 aromatic rings. The van der Waals surface area contributed by atoms with E-state index in [-0.39, 0.29) is 25.0 Å². The summed E-state index contributed by atoms with van der Waals surface area (Å²) in [5.74, 6) is -0.475. The van der Waals surface area contributed by atoms with Gasteiger partial charge in [0.1, 0.15) is 0 Å². The summed E-state index contributed by atoms with van der Waals surface area (Å²) in [5, 5.41) is 11.9. The van der Waals surface area contributed by atoms with E-state index in [1.165, 1.54) is 0 Å². The summed E-state index contributed by atoms with van der Waals surface area (Å²) in [6.45, 7) is 2.89. The maximum Gasteiger partial charge on any atom is 0.251 e. The quantitative estimate of drug-likeness (QED) is 0.797. The second-order valence-corrected chi connectivity index (χ2v) is 4.68. The molecule has 0 spiro atoms. The Bertz CT molecular complexity index is 448. The first-order valence-electron chi connectivity index (χ1n) is 6.51. The normalized spacial score (nSPS) is 10.2. The Labute approximate surface area is 123 Å². The van der Waals surface area contributed by atoms with E-state index in [1.807, 2.05) is 6.92 Å². The SMILES string of the molecule is CCN(CCCO)C(=O)CNC(=O)c1ccc(Cl)cc1. The topological polar surface area (TPSA) is 69.6 Å². The Morgan fingerprint density at radius 2 is 1.95 bits per heavy atom. The molecule has 0 radical (unpaired) electrons. The highest BCUT2D eigenvalue weighted by Gasteiger charge is 2.13. The number of benzene rings is 1. The van der Waals surface area contributed by atoms with Gasteiger partial charge in [-0.05, 0) is 37.6 Å². The van der Waals surface area contributed by atoms with E-state index >= 15 is 0 Å². The lowest BCUT2D eigenvalue weighted by atomic mass is 10.2. The molecule has 1 rings (SSSR count). The van der Waals surface area contributed by atoms with E-state index in [0.29, 0.717) is 30.1 Å². The van der Waals surface area contributed by atoms with Crippen molar-refractivity contribution in [3.8, 4) is 0 Å². The van der Waals surface area contributed by atoms with Gasteiger partial charge in [-0.2, -0.15) is 0 Å². The van der Waals surface area contributed by atoms with Crippen molar-refractivity contribution in [2.45, 2.75) is 13.3 Å². The van der Waals surface area contributed by atoms with Crippen LogP contribution in [0.4, 0.5) is 0 Å². The lowest BCUT2D eigenvalue weighted by Gasteiger charge is -2.20. The summed E-state index contributed by atoms with van der Waals surface area (Å²) in [6.07, 6.45) is 0.532. The van der Waals surface area contributed by atoms with Gasteiger partial charge in [-0.25, -0.2) is 0 Å². The summed E-state index contributed by atoms with van der Waals surface area (Å²) >= 11 is 5.74. The minimum Gasteiger partial charge on any atom is -0.396 e. The lowest BCUT2D eigenvalue weighted by Crippen LogP contribution is -2.40. The van der Waals surface area contributed by atoms with Crippen molar-refractivity contribution in [3.05, 3.63) is 34.9 Å². The summed E-state index contributed by atoms with van der Waals surface area (Å²) in [6, 6.07) is 6.45. The number of hydrogen-bond donors (Lipinski definition) is 2. The van der Waals surface area contributed by atoms with Crippen molar-refractivity contribution < 1.29 is 14.7 Å². The van der Waals surface area contributed by atoms with Crippen LogP contribution in [0.15, 0.2) is 24.3 Å². The van der Waals surface area contributed by atoms with Crippen LogP contribution in [-0.4, -0.2) is 48.1 Å². The molecule has 0 heterocycles. The van der Waals surface area contributed by atoms with Crippen LogP contribution in [0.25, 0.3) is 0 Å². The zero-order valence-corrected chi connectivity index (χ0v) is 12.2. The number of aliphatic hydroxyl groups is 1. The van der Waals surface area contributed by atoms with E-state index in [1.54, 1.807) is 29.2 Å². The molecule has 0 aliphatic heterocycles. The molecule has 1 aromatic carbocycles. The van der Waals surface area contributed by atoms with E-state index in [2.05, 4.69) is 5.32 Å². The average molecular weight is 299 g/mol. The Balaban J connectivity index is 2.47. The third-order valence-corrected chi connectivity index (χ3v) is 3.08. The Hall–Kier alpha value is -1.59. The first-order valence-corrected chi connectivity index (χ1v) is 6.88. The van der Waals surface area contributed by atoms with Gasteiger partial charge in [0.2, 0.25) is 5.91 Å². The van der Waals surface area contributed by atoms with Gasteiger partial charge in [0.25, 0.3) is 5.91 Å². The van der Waals surface area contributed by atoms with Gasteiger partial charge < -0.3 is 15.3 Å². The maximum atomic E-state index is 11.9. The predicted molar refractivity (Wildman–Crippen MR) is 77.7 cm³/mol.